The maximum absolute atomic E-state index is 5.98. The van der Waals surface area contributed by atoms with Crippen LogP contribution in [0.5, 0.6) is 0 Å². The normalized spacial score (nSPS) is 20.4. The van der Waals surface area contributed by atoms with Crippen LogP contribution in [0, 0.1) is 0 Å². The third-order valence-corrected chi connectivity index (χ3v) is 3.54. The van der Waals surface area contributed by atoms with E-state index in [1.807, 2.05) is 43.1 Å². The summed E-state index contributed by atoms with van der Waals surface area (Å²) in [6.45, 7) is 2.04. The molecule has 86 valence electrons. The number of allylic oxidation sites excluding steroid dienone is 1. The number of halogens is 3. The Balaban J connectivity index is 2.51. The highest BCUT2D eigenvalue weighted by molar-refractivity contribution is 6.68. The molecule has 1 aromatic carbocycles. The molecule has 16 heavy (non-hydrogen) atoms. The first-order chi connectivity index (χ1) is 7.41. The average molecular weight is 277 g/mol. The van der Waals surface area contributed by atoms with Crippen molar-refractivity contribution in [3.8, 4) is 0 Å². The number of para-hydroxylation sites is 1. The van der Waals surface area contributed by atoms with Crippen molar-refractivity contribution in [3.05, 3.63) is 35.9 Å². The second-order valence-electron chi connectivity index (χ2n) is 3.96. The molecule has 1 atom stereocenters. The molecule has 1 aliphatic rings. The fourth-order valence-electron chi connectivity index (χ4n) is 2.02. The van der Waals surface area contributed by atoms with Crippen molar-refractivity contribution in [3.63, 3.8) is 0 Å². The van der Waals surface area contributed by atoms with Crippen molar-refractivity contribution in [2.75, 3.05) is 11.9 Å². The molecule has 1 unspecified atom stereocenters. The molecule has 4 heteroatoms. The molecule has 0 aromatic heterocycles. The van der Waals surface area contributed by atoms with Gasteiger partial charge < -0.3 is 4.90 Å². The van der Waals surface area contributed by atoms with E-state index in [9.17, 15) is 0 Å². The lowest BCUT2D eigenvalue weighted by atomic mass is 9.97. The molecule has 0 bridgehead atoms. The molecule has 1 aliphatic heterocycles. The van der Waals surface area contributed by atoms with Crippen LogP contribution in [0.25, 0.3) is 5.57 Å². The third kappa shape index (κ3) is 2.04. The van der Waals surface area contributed by atoms with Crippen LogP contribution in [0.2, 0.25) is 0 Å². The summed E-state index contributed by atoms with van der Waals surface area (Å²) in [4.78, 5) is 2.00. The maximum Gasteiger partial charge on any atom is 0.214 e. The molecule has 0 N–H and O–H groups in total. The average Bonchev–Trinajstić information content (AvgIpc) is 2.22. The molecule has 0 saturated heterocycles. The summed E-state index contributed by atoms with van der Waals surface area (Å²) in [5.74, 6) is 0. The Labute approximate surface area is 111 Å². The van der Waals surface area contributed by atoms with E-state index < -0.39 is 3.79 Å². The summed E-state index contributed by atoms with van der Waals surface area (Å²) in [5.41, 5.74) is 3.43. The van der Waals surface area contributed by atoms with Gasteiger partial charge in [0, 0.05) is 18.3 Å². The predicted octanol–water partition coefficient (Wildman–Crippen LogP) is 4.28. The summed E-state index contributed by atoms with van der Waals surface area (Å²) in [6, 6.07) is 7.89. The Kier molecular flexibility index (Phi) is 3.13. The highest BCUT2D eigenvalue weighted by Gasteiger charge is 2.37. The van der Waals surface area contributed by atoms with Gasteiger partial charge in [0.2, 0.25) is 3.79 Å². The van der Waals surface area contributed by atoms with Crippen molar-refractivity contribution in [2.45, 2.75) is 16.8 Å². The zero-order valence-corrected chi connectivity index (χ0v) is 11.3. The highest BCUT2D eigenvalue weighted by Crippen LogP contribution is 2.41. The molecule has 1 aromatic rings. The number of likely N-dealkylation sites (N-methyl/N-ethyl adjacent to an activating group) is 1. The Bertz CT molecular complexity index is 434. The van der Waals surface area contributed by atoms with Crippen molar-refractivity contribution in [1.82, 2.24) is 0 Å². The zero-order chi connectivity index (χ0) is 11.9. The first-order valence-corrected chi connectivity index (χ1v) is 6.12. The van der Waals surface area contributed by atoms with Gasteiger partial charge >= 0.3 is 0 Å². The third-order valence-electron chi connectivity index (χ3n) is 2.87. The number of fused-ring (bicyclic) bond motifs is 1. The quantitative estimate of drug-likeness (QED) is 0.639. The highest BCUT2D eigenvalue weighted by atomic mass is 35.6. The second kappa shape index (κ2) is 4.14. The molecular formula is C12H12Cl3N. The van der Waals surface area contributed by atoms with Gasteiger partial charge in [0.1, 0.15) is 0 Å². The van der Waals surface area contributed by atoms with Gasteiger partial charge in [-0.25, -0.2) is 0 Å². The van der Waals surface area contributed by atoms with Gasteiger partial charge in [0.15, 0.2) is 0 Å². The monoisotopic (exact) mass is 275 g/mol. The minimum Gasteiger partial charge on any atom is -0.363 e. The molecule has 0 saturated carbocycles. The number of nitrogens with zero attached hydrogens (tertiary/aromatic N) is 1. The van der Waals surface area contributed by atoms with Gasteiger partial charge in [0.25, 0.3) is 0 Å². The molecule has 1 nitrogen and oxygen atoms in total. The minimum absolute atomic E-state index is 0.229. The van der Waals surface area contributed by atoms with Crippen molar-refractivity contribution in [2.24, 2.45) is 0 Å². The van der Waals surface area contributed by atoms with E-state index in [2.05, 4.69) is 6.07 Å². The Morgan fingerprint density at radius 3 is 2.44 bits per heavy atom. The zero-order valence-electron chi connectivity index (χ0n) is 9.05. The molecule has 2 rings (SSSR count). The van der Waals surface area contributed by atoms with Gasteiger partial charge in [-0.05, 0) is 18.6 Å². The maximum atomic E-state index is 5.98. The lowest BCUT2D eigenvalue weighted by Crippen LogP contribution is -2.42. The molecule has 0 aliphatic carbocycles. The van der Waals surface area contributed by atoms with Crippen LogP contribution in [-0.2, 0) is 0 Å². The van der Waals surface area contributed by atoms with E-state index in [4.69, 9.17) is 34.8 Å². The van der Waals surface area contributed by atoms with E-state index in [0.29, 0.717) is 0 Å². The van der Waals surface area contributed by atoms with E-state index in [1.54, 1.807) is 0 Å². The Hall–Kier alpha value is -0.370. The molecule has 0 radical (unpaired) electrons. The summed E-state index contributed by atoms with van der Waals surface area (Å²) in [6.07, 6.45) is 2.00. The fraction of sp³-hybridized carbons (Fsp3) is 0.333. The summed E-state index contributed by atoms with van der Waals surface area (Å²) < 4.78 is -1.32. The van der Waals surface area contributed by atoms with E-state index in [0.717, 1.165) is 11.3 Å². The SMILES string of the molecule is CC1=CC(C(Cl)(Cl)Cl)N(C)c2ccccc21. The van der Waals surface area contributed by atoms with Crippen LogP contribution in [-0.4, -0.2) is 16.9 Å². The van der Waals surface area contributed by atoms with Crippen LogP contribution in [0.3, 0.4) is 0 Å². The predicted molar refractivity (Wildman–Crippen MR) is 72.6 cm³/mol. The first-order valence-electron chi connectivity index (χ1n) is 4.98. The van der Waals surface area contributed by atoms with Crippen molar-refractivity contribution < 1.29 is 0 Å². The van der Waals surface area contributed by atoms with Gasteiger partial charge in [-0.1, -0.05) is 59.1 Å². The minimum atomic E-state index is -1.32. The van der Waals surface area contributed by atoms with Gasteiger partial charge in [-0.3, -0.25) is 0 Å². The number of alkyl halides is 3. The first kappa shape index (κ1) is 12.1. The van der Waals surface area contributed by atoms with Gasteiger partial charge in [-0.2, -0.15) is 0 Å². The molecule has 0 fully saturated rings. The summed E-state index contributed by atoms with van der Waals surface area (Å²) in [5, 5.41) is 0. The molecule has 1 heterocycles. The van der Waals surface area contributed by atoms with Gasteiger partial charge in [-0.15, -0.1) is 0 Å². The van der Waals surface area contributed by atoms with Crippen LogP contribution in [0.1, 0.15) is 12.5 Å². The van der Waals surface area contributed by atoms with Crippen LogP contribution < -0.4 is 4.90 Å². The van der Waals surface area contributed by atoms with E-state index >= 15 is 0 Å². The van der Waals surface area contributed by atoms with Gasteiger partial charge in [0.05, 0.1) is 6.04 Å². The van der Waals surface area contributed by atoms with Crippen LogP contribution in [0.15, 0.2) is 30.3 Å². The summed E-state index contributed by atoms with van der Waals surface area (Å²) >= 11 is 17.9. The summed E-state index contributed by atoms with van der Waals surface area (Å²) in [7, 11) is 1.94. The fourth-order valence-corrected chi connectivity index (χ4v) is 2.65. The topological polar surface area (TPSA) is 3.24 Å². The lowest BCUT2D eigenvalue weighted by molar-refractivity contribution is 0.758. The van der Waals surface area contributed by atoms with Crippen molar-refractivity contribution >= 4 is 46.1 Å². The Morgan fingerprint density at radius 2 is 1.81 bits per heavy atom. The molecule has 0 spiro atoms. The number of hydrogen-bond donors (Lipinski definition) is 0. The number of anilines is 1. The number of benzene rings is 1. The van der Waals surface area contributed by atoms with E-state index in [-0.39, 0.29) is 6.04 Å². The van der Waals surface area contributed by atoms with Crippen molar-refractivity contribution in [1.29, 1.82) is 0 Å². The Morgan fingerprint density at radius 1 is 1.19 bits per heavy atom. The second-order valence-corrected chi connectivity index (χ2v) is 6.33. The largest absolute Gasteiger partial charge is 0.363 e. The van der Waals surface area contributed by atoms with Crippen LogP contribution in [0.4, 0.5) is 5.69 Å². The lowest BCUT2D eigenvalue weighted by Gasteiger charge is -2.37. The number of hydrogen-bond acceptors (Lipinski definition) is 1. The molecular weight excluding hydrogens is 264 g/mol. The smallest absolute Gasteiger partial charge is 0.214 e. The molecule has 0 amide bonds. The number of rotatable bonds is 0. The standard InChI is InChI=1S/C12H12Cl3N/c1-8-7-11(12(13,14)15)16(2)10-6-4-3-5-9(8)10/h3-7,11H,1-2H3. The van der Waals surface area contributed by atoms with E-state index in [1.165, 1.54) is 5.56 Å². The van der Waals surface area contributed by atoms with Crippen LogP contribution >= 0.6 is 34.8 Å².